The molecule has 0 heterocycles. The van der Waals surface area contributed by atoms with E-state index in [1.807, 2.05) is 19.4 Å². The number of rotatable bonds is 0. The van der Waals surface area contributed by atoms with Crippen molar-refractivity contribution in [3.8, 4) is 0 Å². The van der Waals surface area contributed by atoms with Crippen molar-refractivity contribution in [3.63, 3.8) is 0 Å². The van der Waals surface area contributed by atoms with E-state index in [9.17, 15) is 0 Å². The summed E-state index contributed by atoms with van der Waals surface area (Å²) in [4.78, 5) is 0. The van der Waals surface area contributed by atoms with Crippen LogP contribution in [0.2, 0.25) is 0 Å². The van der Waals surface area contributed by atoms with Crippen molar-refractivity contribution in [2.75, 3.05) is 14.1 Å². The van der Waals surface area contributed by atoms with Gasteiger partial charge in [0.15, 0.2) is 0 Å². The van der Waals surface area contributed by atoms with Crippen LogP contribution in [0.15, 0.2) is 0 Å². The Morgan fingerprint density at radius 1 is 0.600 bits per heavy atom. The van der Waals surface area contributed by atoms with Gasteiger partial charge in [-0.1, -0.05) is 0 Å². The Labute approximate surface area is 126 Å². The summed E-state index contributed by atoms with van der Waals surface area (Å²) >= 11 is 0. The van der Waals surface area contributed by atoms with Crippen molar-refractivity contribution in [2.24, 2.45) is 0 Å². The minimum atomic E-state index is -5.17. The average molecular weight is 398 g/mol. The molecule has 0 fully saturated rings. The van der Waals surface area contributed by atoms with Gasteiger partial charge in [-0.05, 0) is 0 Å². The maximum absolute atomic E-state index is 8.52. The predicted octanol–water partition coefficient (Wildman–Crippen LogP) is -8.82. The summed E-state index contributed by atoms with van der Waals surface area (Å²) in [6.45, 7) is 0. The van der Waals surface area contributed by atoms with Crippen LogP contribution >= 0.6 is 0 Å². The molecule has 0 saturated heterocycles. The first-order valence-corrected chi connectivity index (χ1v) is 5.15. The van der Waals surface area contributed by atoms with Crippen LogP contribution in [0, 0.1) is 0 Å². The average Bonchev–Trinajstić information content (AvgIpc) is 1.52. The van der Waals surface area contributed by atoms with E-state index in [4.69, 9.17) is 35.0 Å². The smallest absolute Gasteiger partial charge is 0.759 e. The molecule has 20 heavy (non-hydrogen) atoms. The van der Waals surface area contributed by atoms with E-state index in [-0.39, 0.29) is 50.2 Å². The van der Waals surface area contributed by atoms with Crippen LogP contribution in [-0.4, -0.2) is 82.0 Å². The third kappa shape index (κ3) is 91600000. The fourth-order valence-electron chi connectivity index (χ4n) is 0. The van der Waals surface area contributed by atoms with E-state index in [0.717, 1.165) is 0 Å². The summed E-state index contributed by atoms with van der Waals surface area (Å²) < 4.78 is 68.2. The number of hydrogen-bond acceptors (Lipinski definition) is 8. The topological polar surface area (TPSA) is 366 Å². The van der Waals surface area contributed by atoms with Crippen LogP contribution in [0.1, 0.15) is 0 Å². The fraction of sp³-hybridized carbons (Fsp3) is 1.00. The van der Waals surface area contributed by atoms with Crippen LogP contribution in [-0.2, 0) is 38.2 Å². The van der Waals surface area contributed by atoms with Crippen LogP contribution in [0.5, 0.6) is 0 Å². The Balaban J connectivity index is -0.00000000814. The molecule has 0 unspecified atom stereocenters. The SMILES string of the molecule is C[NH2+]C.O.O.O.O.O.O.O=S(=O)([O-])[O-].O=S(=O)([O-])[O-].[Cr+3]. The Bertz CT molecular complexity index is 238. The summed E-state index contributed by atoms with van der Waals surface area (Å²) in [6.07, 6.45) is 0. The summed E-state index contributed by atoms with van der Waals surface area (Å²) in [5.74, 6) is 0. The van der Waals surface area contributed by atoms with Gasteiger partial charge < -0.3 is 56.4 Å². The second kappa shape index (κ2) is 36.4. The first kappa shape index (κ1) is 72.2. The molecule has 135 valence electrons. The number of hydrogen-bond donors (Lipinski definition) is 1. The molecule has 0 aromatic rings. The summed E-state index contributed by atoms with van der Waals surface area (Å²) in [5, 5.41) is 2.00. The Morgan fingerprint density at radius 3 is 0.600 bits per heavy atom. The monoisotopic (exact) mass is 398 g/mol. The second-order valence-corrected chi connectivity index (χ2v) is 3.03. The molecule has 0 atom stereocenters. The molecule has 0 rings (SSSR count). The zero-order chi connectivity index (χ0) is 11.7. The van der Waals surface area contributed by atoms with Crippen LogP contribution in [0.4, 0.5) is 0 Å². The molecule has 0 aliphatic rings. The molecule has 14 N–H and O–H groups in total. The van der Waals surface area contributed by atoms with E-state index in [1.54, 1.807) is 0 Å². The Morgan fingerprint density at radius 2 is 0.600 bits per heavy atom. The number of quaternary nitrogens is 1. The Kier molecular flexibility index (Phi) is 132. The maximum atomic E-state index is 8.52. The van der Waals surface area contributed by atoms with Gasteiger partial charge in [0.25, 0.3) is 0 Å². The zero-order valence-electron chi connectivity index (χ0n) is 10.1. The molecular formula is C2H20CrNO14S2. The van der Waals surface area contributed by atoms with Gasteiger partial charge in [0.1, 0.15) is 0 Å². The molecule has 0 aromatic heterocycles. The third-order valence-corrected chi connectivity index (χ3v) is 0. The van der Waals surface area contributed by atoms with Crippen LogP contribution in [0.25, 0.3) is 0 Å². The van der Waals surface area contributed by atoms with E-state index in [2.05, 4.69) is 0 Å². The van der Waals surface area contributed by atoms with Crippen LogP contribution < -0.4 is 5.32 Å². The standard InChI is InChI=1S/C2H7N.Cr.2H2O4S.6H2O/c1-3-2;;2*1-5(2,3)4;;;;;;/h3H,1-2H3;;2*(H2,1,2,3,4);6*1H2/q;+3;;;;;;;;/p-3. The molecule has 18 heteroatoms. The van der Waals surface area contributed by atoms with Crippen LogP contribution in [0.3, 0.4) is 0 Å². The molecular weight excluding hydrogens is 378 g/mol. The fourth-order valence-corrected chi connectivity index (χ4v) is 0. The normalized spacial score (nSPS) is 6.70. The van der Waals surface area contributed by atoms with Gasteiger partial charge in [-0.25, -0.2) is 0 Å². The first-order chi connectivity index (χ1) is 5.41. The molecule has 0 aromatic carbocycles. The molecule has 0 aliphatic heterocycles. The van der Waals surface area contributed by atoms with Gasteiger partial charge >= 0.3 is 17.4 Å². The van der Waals surface area contributed by atoms with Gasteiger partial charge in [0.2, 0.25) is 0 Å². The van der Waals surface area contributed by atoms with Gasteiger partial charge in [0, 0.05) is 20.8 Å². The molecule has 0 aliphatic carbocycles. The maximum Gasteiger partial charge on any atom is 3.00 e. The van der Waals surface area contributed by atoms with Crippen molar-refractivity contribution in [2.45, 2.75) is 0 Å². The van der Waals surface area contributed by atoms with E-state index >= 15 is 0 Å². The van der Waals surface area contributed by atoms with Gasteiger partial charge in [0.05, 0.1) is 14.1 Å². The van der Waals surface area contributed by atoms with Gasteiger partial charge in [-0.15, -0.1) is 0 Å². The summed E-state index contributed by atoms with van der Waals surface area (Å²) in [5.41, 5.74) is 0. The van der Waals surface area contributed by atoms with E-state index in [1.165, 1.54) is 0 Å². The van der Waals surface area contributed by atoms with E-state index in [0.29, 0.717) is 0 Å². The Hall–Kier alpha value is -0.00753. The van der Waals surface area contributed by atoms with Crippen molar-refractivity contribution in [3.05, 3.63) is 0 Å². The second-order valence-electron chi connectivity index (χ2n) is 1.39. The minimum Gasteiger partial charge on any atom is -0.759 e. The zero-order valence-corrected chi connectivity index (χ0v) is 13.0. The molecule has 1 radical (unpaired) electrons. The molecule has 0 amide bonds. The van der Waals surface area contributed by atoms with Crippen molar-refractivity contribution >= 4 is 20.8 Å². The quantitative estimate of drug-likeness (QED) is 0.300. The third-order valence-electron chi connectivity index (χ3n) is 0. The minimum absolute atomic E-state index is 0. The van der Waals surface area contributed by atoms with Crippen molar-refractivity contribution < 1.29 is 90.6 Å². The van der Waals surface area contributed by atoms with Crippen molar-refractivity contribution in [1.82, 2.24) is 0 Å². The van der Waals surface area contributed by atoms with Gasteiger partial charge in [-0.3, -0.25) is 16.8 Å². The summed E-state index contributed by atoms with van der Waals surface area (Å²) in [6, 6.07) is 0. The van der Waals surface area contributed by atoms with Gasteiger partial charge in [-0.2, -0.15) is 0 Å². The largest absolute Gasteiger partial charge is 3.00 e. The molecule has 0 bridgehead atoms. The van der Waals surface area contributed by atoms with Crippen molar-refractivity contribution in [1.29, 1.82) is 0 Å². The number of nitrogens with two attached hydrogens (primary N) is 1. The first-order valence-electron chi connectivity index (χ1n) is 2.49. The molecule has 15 nitrogen and oxygen atoms in total. The molecule has 0 spiro atoms. The summed E-state index contributed by atoms with van der Waals surface area (Å²) in [7, 11) is -6.33. The van der Waals surface area contributed by atoms with E-state index < -0.39 is 20.8 Å². The molecule has 0 saturated carbocycles. The predicted molar refractivity (Wildman–Crippen MR) is 56.4 cm³/mol.